The molecule has 0 radical (unpaired) electrons. The standard InChI is InChI=1S/C15H19NO3S/c1-15(2,3)19-14(17)10-20-9-12-7-11(8-16)5-6-13(12)18-4/h5-7H,9-10H2,1-4H3. The first-order valence-corrected chi connectivity index (χ1v) is 7.38. The van der Waals surface area contributed by atoms with Crippen molar-refractivity contribution in [1.29, 1.82) is 5.26 Å². The average Bonchev–Trinajstić information content (AvgIpc) is 2.36. The normalized spacial score (nSPS) is 10.8. The highest BCUT2D eigenvalue weighted by atomic mass is 32.2. The van der Waals surface area contributed by atoms with Crippen molar-refractivity contribution in [3.05, 3.63) is 29.3 Å². The van der Waals surface area contributed by atoms with Crippen LogP contribution in [0.4, 0.5) is 0 Å². The van der Waals surface area contributed by atoms with Gasteiger partial charge in [-0.2, -0.15) is 5.26 Å². The summed E-state index contributed by atoms with van der Waals surface area (Å²) in [5, 5.41) is 8.90. The van der Waals surface area contributed by atoms with E-state index in [0.29, 0.717) is 11.3 Å². The monoisotopic (exact) mass is 293 g/mol. The molecule has 0 unspecified atom stereocenters. The summed E-state index contributed by atoms with van der Waals surface area (Å²) >= 11 is 1.44. The second-order valence-corrected chi connectivity index (χ2v) is 6.20. The number of nitrogens with zero attached hydrogens (tertiary/aromatic N) is 1. The Balaban J connectivity index is 2.57. The van der Waals surface area contributed by atoms with Crippen molar-refractivity contribution in [3.63, 3.8) is 0 Å². The third-order valence-electron chi connectivity index (χ3n) is 2.31. The summed E-state index contributed by atoms with van der Waals surface area (Å²) < 4.78 is 10.5. The Labute approximate surface area is 124 Å². The molecule has 0 N–H and O–H groups in total. The van der Waals surface area contributed by atoms with Gasteiger partial charge in [-0.25, -0.2) is 0 Å². The fourth-order valence-corrected chi connectivity index (χ4v) is 2.35. The molecule has 108 valence electrons. The van der Waals surface area contributed by atoms with Crippen LogP contribution in [0.2, 0.25) is 0 Å². The topological polar surface area (TPSA) is 59.3 Å². The third kappa shape index (κ3) is 5.54. The number of hydrogen-bond donors (Lipinski definition) is 0. The lowest BCUT2D eigenvalue weighted by Crippen LogP contribution is -2.24. The Kier molecular flexibility index (Phi) is 5.90. The van der Waals surface area contributed by atoms with Crippen molar-refractivity contribution in [2.75, 3.05) is 12.9 Å². The third-order valence-corrected chi connectivity index (χ3v) is 3.26. The maximum atomic E-state index is 11.6. The molecule has 0 bridgehead atoms. The second kappa shape index (κ2) is 7.20. The van der Waals surface area contributed by atoms with Crippen LogP contribution < -0.4 is 4.74 Å². The van der Waals surface area contributed by atoms with E-state index in [9.17, 15) is 4.79 Å². The molecule has 0 aliphatic heterocycles. The zero-order valence-corrected chi connectivity index (χ0v) is 13.0. The Morgan fingerprint density at radius 1 is 1.40 bits per heavy atom. The van der Waals surface area contributed by atoms with Gasteiger partial charge in [-0.3, -0.25) is 4.79 Å². The van der Waals surface area contributed by atoms with Gasteiger partial charge in [0.15, 0.2) is 0 Å². The number of esters is 1. The Hall–Kier alpha value is -1.67. The van der Waals surface area contributed by atoms with Gasteiger partial charge in [0.1, 0.15) is 11.4 Å². The van der Waals surface area contributed by atoms with Crippen molar-refractivity contribution in [3.8, 4) is 11.8 Å². The molecular formula is C15H19NO3S. The minimum absolute atomic E-state index is 0.238. The van der Waals surface area contributed by atoms with Gasteiger partial charge in [-0.1, -0.05) is 0 Å². The molecular weight excluding hydrogens is 274 g/mol. The van der Waals surface area contributed by atoms with E-state index in [1.165, 1.54) is 11.8 Å². The highest BCUT2D eigenvalue weighted by Crippen LogP contribution is 2.24. The molecule has 0 spiro atoms. The van der Waals surface area contributed by atoms with Gasteiger partial charge in [-0.05, 0) is 39.0 Å². The van der Waals surface area contributed by atoms with Crippen LogP contribution in [0.5, 0.6) is 5.75 Å². The summed E-state index contributed by atoms with van der Waals surface area (Å²) in [6, 6.07) is 7.35. The lowest BCUT2D eigenvalue weighted by Gasteiger charge is -2.19. The molecule has 1 aromatic rings. The van der Waals surface area contributed by atoms with E-state index in [1.54, 1.807) is 25.3 Å². The maximum Gasteiger partial charge on any atom is 0.316 e. The van der Waals surface area contributed by atoms with Gasteiger partial charge in [0.2, 0.25) is 0 Å². The summed E-state index contributed by atoms with van der Waals surface area (Å²) in [6.45, 7) is 5.53. The molecule has 0 atom stereocenters. The molecule has 5 heteroatoms. The number of nitriles is 1. The maximum absolute atomic E-state index is 11.6. The second-order valence-electron chi connectivity index (χ2n) is 5.22. The van der Waals surface area contributed by atoms with Crippen LogP contribution in [0.3, 0.4) is 0 Å². The summed E-state index contributed by atoms with van der Waals surface area (Å²) in [7, 11) is 1.59. The minimum atomic E-state index is -0.462. The first-order valence-electron chi connectivity index (χ1n) is 6.22. The largest absolute Gasteiger partial charge is 0.496 e. The van der Waals surface area contributed by atoms with Gasteiger partial charge in [0.05, 0.1) is 24.5 Å². The van der Waals surface area contributed by atoms with Crippen LogP contribution in [0.25, 0.3) is 0 Å². The van der Waals surface area contributed by atoms with Crippen LogP contribution in [0.15, 0.2) is 18.2 Å². The summed E-state index contributed by atoms with van der Waals surface area (Å²) in [4.78, 5) is 11.6. The first-order chi connectivity index (χ1) is 9.35. The molecule has 0 amide bonds. The molecule has 1 aromatic carbocycles. The zero-order chi connectivity index (χ0) is 15.2. The first kappa shape index (κ1) is 16.4. The van der Waals surface area contributed by atoms with Crippen LogP contribution in [-0.4, -0.2) is 24.4 Å². The molecule has 0 aliphatic rings. The summed E-state index contributed by atoms with van der Waals surface area (Å²) in [5.41, 5.74) is 1.02. The molecule has 0 saturated carbocycles. The summed E-state index contributed by atoms with van der Waals surface area (Å²) in [6.07, 6.45) is 0. The minimum Gasteiger partial charge on any atom is -0.496 e. The number of hydrogen-bond acceptors (Lipinski definition) is 5. The van der Waals surface area contributed by atoms with Crippen molar-refractivity contribution in [1.82, 2.24) is 0 Å². The van der Waals surface area contributed by atoms with Gasteiger partial charge >= 0.3 is 5.97 Å². The molecule has 20 heavy (non-hydrogen) atoms. The van der Waals surface area contributed by atoms with Crippen LogP contribution in [-0.2, 0) is 15.3 Å². The molecule has 0 fully saturated rings. The Bertz CT molecular complexity index is 515. The van der Waals surface area contributed by atoms with Gasteiger partial charge < -0.3 is 9.47 Å². The quantitative estimate of drug-likeness (QED) is 0.781. The molecule has 0 aliphatic carbocycles. The fraction of sp³-hybridized carbons (Fsp3) is 0.467. The van der Waals surface area contributed by atoms with Gasteiger partial charge in [0.25, 0.3) is 0 Å². The van der Waals surface area contributed by atoms with E-state index in [4.69, 9.17) is 14.7 Å². The molecule has 4 nitrogen and oxygen atoms in total. The highest BCUT2D eigenvalue weighted by Gasteiger charge is 2.16. The Morgan fingerprint density at radius 2 is 2.10 bits per heavy atom. The predicted molar refractivity (Wildman–Crippen MR) is 79.7 cm³/mol. The molecule has 0 aromatic heterocycles. The molecule has 1 rings (SSSR count). The van der Waals surface area contributed by atoms with Gasteiger partial charge in [-0.15, -0.1) is 11.8 Å². The zero-order valence-electron chi connectivity index (χ0n) is 12.2. The number of rotatable bonds is 5. The number of ether oxygens (including phenoxy) is 2. The van der Waals surface area contributed by atoms with E-state index in [-0.39, 0.29) is 11.7 Å². The van der Waals surface area contributed by atoms with E-state index in [0.717, 1.165) is 11.3 Å². The number of carbonyl (C=O) groups excluding carboxylic acids is 1. The van der Waals surface area contributed by atoms with E-state index in [2.05, 4.69) is 6.07 Å². The number of thioether (sulfide) groups is 1. The van der Waals surface area contributed by atoms with Crippen molar-refractivity contribution < 1.29 is 14.3 Å². The fourth-order valence-electron chi connectivity index (χ4n) is 1.58. The number of methoxy groups -OCH3 is 1. The van der Waals surface area contributed by atoms with Crippen LogP contribution in [0.1, 0.15) is 31.9 Å². The summed E-state index contributed by atoms with van der Waals surface area (Å²) in [5.74, 6) is 1.35. The van der Waals surface area contributed by atoms with Crippen LogP contribution in [0, 0.1) is 11.3 Å². The average molecular weight is 293 g/mol. The van der Waals surface area contributed by atoms with Crippen LogP contribution >= 0.6 is 11.8 Å². The van der Waals surface area contributed by atoms with Crippen molar-refractivity contribution in [2.45, 2.75) is 32.1 Å². The predicted octanol–water partition coefficient (Wildman–Crippen LogP) is 3.14. The SMILES string of the molecule is COc1ccc(C#N)cc1CSCC(=O)OC(C)(C)C. The van der Waals surface area contributed by atoms with E-state index in [1.807, 2.05) is 20.8 Å². The lowest BCUT2D eigenvalue weighted by molar-refractivity contribution is -0.151. The van der Waals surface area contributed by atoms with Crippen molar-refractivity contribution >= 4 is 17.7 Å². The van der Waals surface area contributed by atoms with Crippen molar-refractivity contribution in [2.24, 2.45) is 0 Å². The molecule has 0 heterocycles. The smallest absolute Gasteiger partial charge is 0.316 e. The lowest BCUT2D eigenvalue weighted by atomic mass is 10.1. The number of benzene rings is 1. The van der Waals surface area contributed by atoms with E-state index < -0.39 is 5.60 Å². The number of carbonyl (C=O) groups is 1. The van der Waals surface area contributed by atoms with Gasteiger partial charge in [0, 0.05) is 11.3 Å². The molecule has 0 saturated heterocycles. The highest BCUT2D eigenvalue weighted by molar-refractivity contribution is 7.99. The van der Waals surface area contributed by atoms with E-state index >= 15 is 0 Å². The Morgan fingerprint density at radius 3 is 2.65 bits per heavy atom.